The van der Waals surface area contributed by atoms with Crippen molar-refractivity contribution in [1.29, 1.82) is 0 Å². The lowest BCUT2D eigenvalue weighted by atomic mass is 10.0. The second-order valence-corrected chi connectivity index (χ2v) is 11.0. The lowest BCUT2D eigenvalue weighted by Crippen LogP contribution is -2.56. The standard InChI is InChI=1S/C30H39ClN4O4/c1-19-10-11-21(17-24(19)31)18-25-29(37)33-14-6-8-22-7-4-5-9-26(22)39-16-15-32-27(23-12-13-23)30(38)35(3)20(2)28(36)34-25/h4-5,7,9-11,17,20,23,25,27,32H,6,8,12-16,18H2,1-3H3,(H,33,37)(H,34,36)/t20-,25-,27+/m1/s1. The van der Waals surface area contributed by atoms with Crippen molar-refractivity contribution in [3.8, 4) is 5.75 Å². The van der Waals surface area contributed by atoms with Crippen LogP contribution in [0.5, 0.6) is 5.75 Å². The van der Waals surface area contributed by atoms with Crippen molar-refractivity contribution in [2.24, 2.45) is 5.92 Å². The van der Waals surface area contributed by atoms with Crippen LogP contribution in [0.15, 0.2) is 42.5 Å². The number of nitrogens with one attached hydrogen (secondary N) is 3. The molecule has 1 aliphatic heterocycles. The zero-order valence-electron chi connectivity index (χ0n) is 23.0. The van der Waals surface area contributed by atoms with Crippen LogP contribution in [0.2, 0.25) is 5.02 Å². The Hall–Kier alpha value is -3.10. The van der Waals surface area contributed by atoms with Gasteiger partial charge in [-0.3, -0.25) is 14.4 Å². The molecule has 0 saturated heterocycles. The Morgan fingerprint density at radius 1 is 1.05 bits per heavy atom. The van der Waals surface area contributed by atoms with Gasteiger partial charge >= 0.3 is 0 Å². The minimum atomic E-state index is -0.811. The molecule has 9 heteroatoms. The fourth-order valence-corrected chi connectivity index (χ4v) is 5.02. The highest BCUT2D eigenvalue weighted by atomic mass is 35.5. The van der Waals surface area contributed by atoms with Gasteiger partial charge in [-0.1, -0.05) is 41.9 Å². The molecule has 0 bridgehead atoms. The Morgan fingerprint density at radius 2 is 1.82 bits per heavy atom. The fourth-order valence-electron chi connectivity index (χ4n) is 4.81. The lowest BCUT2D eigenvalue weighted by Gasteiger charge is -2.30. The van der Waals surface area contributed by atoms with E-state index in [-0.39, 0.29) is 36.1 Å². The van der Waals surface area contributed by atoms with Crippen molar-refractivity contribution in [2.75, 3.05) is 26.7 Å². The number of amides is 3. The maximum atomic E-state index is 13.4. The number of benzene rings is 2. The molecule has 39 heavy (non-hydrogen) atoms. The molecule has 4 rings (SSSR count). The number of aryl methyl sites for hydroxylation is 2. The van der Waals surface area contributed by atoms with E-state index in [0.29, 0.717) is 24.7 Å². The molecular weight excluding hydrogens is 516 g/mol. The molecule has 0 spiro atoms. The number of likely N-dealkylation sites (N-methyl/N-ethyl adjacent to an activating group) is 1. The van der Waals surface area contributed by atoms with Crippen molar-refractivity contribution < 1.29 is 19.1 Å². The number of nitrogens with zero attached hydrogens (tertiary/aromatic N) is 1. The molecule has 3 N–H and O–H groups in total. The third-order valence-corrected chi connectivity index (χ3v) is 8.00. The smallest absolute Gasteiger partial charge is 0.243 e. The van der Waals surface area contributed by atoms with Crippen molar-refractivity contribution in [2.45, 2.75) is 64.1 Å². The minimum absolute atomic E-state index is 0.131. The van der Waals surface area contributed by atoms with Crippen molar-refractivity contribution in [3.63, 3.8) is 0 Å². The molecule has 1 heterocycles. The van der Waals surface area contributed by atoms with Crippen molar-refractivity contribution in [1.82, 2.24) is 20.9 Å². The summed E-state index contributed by atoms with van der Waals surface area (Å²) < 4.78 is 6.05. The van der Waals surface area contributed by atoms with Gasteiger partial charge in [0.05, 0.1) is 6.04 Å². The third-order valence-electron chi connectivity index (χ3n) is 7.60. The summed E-state index contributed by atoms with van der Waals surface area (Å²) in [6.45, 7) is 5.00. The second-order valence-electron chi connectivity index (χ2n) is 10.6. The summed E-state index contributed by atoms with van der Waals surface area (Å²) in [5, 5.41) is 9.86. The van der Waals surface area contributed by atoms with E-state index in [4.69, 9.17) is 16.3 Å². The van der Waals surface area contributed by atoms with Gasteiger partial charge in [0.2, 0.25) is 17.7 Å². The molecule has 8 nitrogen and oxygen atoms in total. The van der Waals surface area contributed by atoms with Gasteiger partial charge in [0.15, 0.2) is 0 Å². The lowest BCUT2D eigenvalue weighted by molar-refractivity contribution is -0.141. The summed E-state index contributed by atoms with van der Waals surface area (Å²) in [6.07, 6.45) is 3.69. The largest absolute Gasteiger partial charge is 0.492 e. The molecule has 3 amide bonds. The molecule has 1 saturated carbocycles. The molecule has 0 radical (unpaired) electrons. The molecule has 1 aliphatic carbocycles. The number of halogens is 1. The molecule has 2 aliphatic rings. The summed E-state index contributed by atoms with van der Waals surface area (Å²) in [6, 6.07) is 11.6. The number of rotatable bonds is 3. The fraction of sp³-hybridized carbons (Fsp3) is 0.500. The van der Waals surface area contributed by atoms with Crippen LogP contribution < -0.4 is 20.7 Å². The molecule has 0 unspecified atom stereocenters. The maximum Gasteiger partial charge on any atom is 0.243 e. The summed E-state index contributed by atoms with van der Waals surface area (Å²) in [4.78, 5) is 41.5. The van der Waals surface area contributed by atoms with Gasteiger partial charge in [-0.25, -0.2) is 0 Å². The van der Waals surface area contributed by atoms with Gasteiger partial charge in [-0.15, -0.1) is 0 Å². The van der Waals surface area contributed by atoms with Crippen molar-refractivity contribution >= 4 is 29.3 Å². The summed E-state index contributed by atoms with van der Waals surface area (Å²) in [5.41, 5.74) is 2.85. The van der Waals surface area contributed by atoms with E-state index < -0.39 is 12.1 Å². The quantitative estimate of drug-likeness (QED) is 0.541. The van der Waals surface area contributed by atoms with Crippen LogP contribution in [-0.2, 0) is 27.2 Å². The van der Waals surface area contributed by atoms with Crippen LogP contribution in [0.3, 0.4) is 0 Å². The van der Waals surface area contributed by atoms with E-state index in [1.54, 1.807) is 14.0 Å². The first-order chi connectivity index (χ1) is 18.7. The molecular formula is C30H39ClN4O4. The number of ether oxygens (including phenoxy) is 1. The number of hydrogen-bond acceptors (Lipinski definition) is 5. The maximum absolute atomic E-state index is 13.4. The average Bonchev–Trinajstić information content (AvgIpc) is 3.77. The van der Waals surface area contributed by atoms with Crippen LogP contribution in [0.4, 0.5) is 0 Å². The molecule has 3 atom stereocenters. The van der Waals surface area contributed by atoms with E-state index in [1.807, 2.05) is 49.4 Å². The van der Waals surface area contributed by atoms with Crippen LogP contribution in [0, 0.1) is 12.8 Å². The zero-order valence-corrected chi connectivity index (χ0v) is 23.7. The highest BCUT2D eigenvalue weighted by molar-refractivity contribution is 6.31. The SMILES string of the molecule is Cc1ccc(C[C@H]2NC(=O)[C@@H](C)N(C)C(=O)[C@H](C3CC3)NCCOc3ccccc3CCCNC2=O)cc1Cl. The third kappa shape index (κ3) is 7.73. The van der Waals surface area contributed by atoms with Gasteiger partial charge in [0.25, 0.3) is 0 Å². The first kappa shape index (κ1) is 28.9. The molecule has 1 fully saturated rings. The number of fused-ring (bicyclic) bond motifs is 1. The van der Waals surface area contributed by atoms with E-state index >= 15 is 0 Å². The minimum Gasteiger partial charge on any atom is -0.492 e. The Labute approximate surface area is 235 Å². The number of carbonyl (C=O) groups excluding carboxylic acids is 3. The van der Waals surface area contributed by atoms with Crippen LogP contribution in [0.1, 0.15) is 42.9 Å². The van der Waals surface area contributed by atoms with Gasteiger partial charge in [0.1, 0.15) is 24.4 Å². The van der Waals surface area contributed by atoms with Crippen LogP contribution in [0.25, 0.3) is 0 Å². The first-order valence-electron chi connectivity index (χ1n) is 13.8. The zero-order chi connectivity index (χ0) is 27.9. The Morgan fingerprint density at radius 3 is 2.56 bits per heavy atom. The molecule has 210 valence electrons. The monoisotopic (exact) mass is 554 g/mol. The number of para-hydroxylation sites is 1. The van der Waals surface area contributed by atoms with E-state index in [2.05, 4.69) is 16.0 Å². The van der Waals surface area contributed by atoms with Gasteiger partial charge < -0.3 is 25.6 Å². The first-order valence-corrected chi connectivity index (χ1v) is 14.2. The molecule has 2 aromatic carbocycles. The second kappa shape index (κ2) is 13.3. The Bertz CT molecular complexity index is 1190. The number of hydrogen-bond donors (Lipinski definition) is 3. The normalized spacial score (nSPS) is 24.1. The van der Waals surface area contributed by atoms with Gasteiger partial charge in [-0.05, 0) is 74.3 Å². The summed E-state index contributed by atoms with van der Waals surface area (Å²) in [7, 11) is 1.64. The average molecular weight is 555 g/mol. The van der Waals surface area contributed by atoms with E-state index in [1.165, 1.54) is 4.90 Å². The topological polar surface area (TPSA) is 99.8 Å². The molecule has 0 aromatic heterocycles. The highest BCUT2D eigenvalue weighted by Crippen LogP contribution is 2.33. The van der Waals surface area contributed by atoms with Crippen LogP contribution >= 0.6 is 11.6 Å². The Balaban J connectivity index is 1.55. The predicted octanol–water partition coefficient (Wildman–Crippen LogP) is 3.03. The van der Waals surface area contributed by atoms with Crippen LogP contribution in [-0.4, -0.2) is 67.5 Å². The molecule has 2 aromatic rings. The van der Waals surface area contributed by atoms with Gasteiger partial charge in [0, 0.05) is 31.6 Å². The van der Waals surface area contributed by atoms with Gasteiger partial charge in [-0.2, -0.15) is 0 Å². The predicted molar refractivity (Wildman–Crippen MR) is 152 cm³/mol. The highest BCUT2D eigenvalue weighted by Gasteiger charge is 2.39. The van der Waals surface area contributed by atoms with E-state index in [9.17, 15) is 14.4 Å². The van der Waals surface area contributed by atoms with Crippen molar-refractivity contribution in [3.05, 3.63) is 64.2 Å². The summed E-state index contributed by atoms with van der Waals surface area (Å²) >= 11 is 6.33. The Kier molecular flexibility index (Phi) is 9.86. The number of carbonyl (C=O) groups is 3. The van der Waals surface area contributed by atoms with E-state index in [0.717, 1.165) is 48.1 Å². The summed E-state index contributed by atoms with van der Waals surface area (Å²) in [5.74, 6) is 0.278.